The quantitative estimate of drug-likeness (QED) is 0.298. The van der Waals surface area contributed by atoms with E-state index in [1.54, 1.807) is 0 Å². The third kappa shape index (κ3) is 4.52. The van der Waals surface area contributed by atoms with Gasteiger partial charge in [0.1, 0.15) is 12.1 Å². The molecule has 0 aliphatic rings. The zero-order valence-corrected chi connectivity index (χ0v) is 21.6. The van der Waals surface area contributed by atoms with Crippen molar-refractivity contribution in [2.45, 2.75) is 24.8 Å². The second kappa shape index (κ2) is 9.61. The van der Waals surface area contributed by atoms with Crippen LogP contribution in [0.1, 0.15) is 13.8 Å². The minimum atomic E-state index is -4.44. The first-order valence-corrected chi connectivity index (χ1v) is 12.9. The van der Waals surface area contributed by atoms with Gasteiger partial charge in [-0.1, -0.05) is 11.6 Å². The lowest BCUT2D eigenvalue weighted by molar-refractivity contribution is 0.385. The number of hydrogen-bond donors (Lipinski definition) is 2. The van der Waals surface area contributed by atoms with Gasteiger partial charge in [-0.25, -0.2) is 27.2 Å². The maximum absolute atomic E-state index is 15.8. The molecule has 38 heavy (non-hydrogen) atoms. The summed E-state index contributed by atoms with van der Waals surface area (Å²) in [5, 5.41) is 11.5. The molecule has 5 rings (SSSR count). The zero-order chi connectivity index (χ0) is 27.2. The van der Waals surface area contributed by atoms with Gasteiger partial charge in [0.05, 0.1) is 23.4 Å². The third-order valence-electron chi connectivity index (χ3n) is 5.40. The molecule has 0 saturated carbocycles. The molecule has 0 saturated heterocycles. The highest BCUT2D eigenvalue weighted by Crippen LogP contribution is 2.36. The van der Waals surface area contributed by atoms with E-state index in [0.29, 0.717) is 17.0 Å². The molecule has 1 aromatic carbocycles. The number of ether oxygens (including phenoxy) is 1. The minimum absolute atomic E-state index is 0.0150. The fourth-order valence-electron chi connectivity index (χ4n) is 3.81. The average molecular weight is 561 g/mol. The normalized spacial score (nSPS) is 11.9. The number of halogens is 3. The summed E-state index contributed by atoms with van der Waals surface area (Å²) < 4.78 is 65.7. The first-order valence-electron chi connectivity index (χ1n) is 11.1. The van der Waals surface area contributed by atoms with Crippen molar-refractivity contribution in [3.8, 4) is 17.0 Å². The van der Waals surface area contributed by atoms with Gasteiger partial charge in [0.25, 0.3) is 10.0 Å². The molecule has 4 aromatic heterocycles. The number of pyridine rings is 2. The molecule has 4 heterocycles. The zero-order valence-electron chi connectivity index (χ0n) is 20.1. The van der Waals surface area contributed by atoms with E-state index in [-0.39, 0.29) is 28.2 Å². The Morgan fingerprint density at radius 2 is 1.89 bits per heavy atom. The molecule has 0 unspecified atom stereocenters. The molecule has 0 amide bonds. The summed E-state index contributed by atoms with van der Waals surface area (Å²) in [6.07, 6.45) is 4.05. The molecule has 11 nitrogen and oxygen atoms in total. The Morgan fingerprint density at radius 3 is 2.63 bits per heavy atom. The molecule has 196 valence electrons. The van der Waals surface area contributed by atoms with Crippen molar-refractivity contribution in [1.82, 2.24) is 29.5 Å². The summed E-state index contributed by atoms with van der Waals surface area (Å²) in [4.78, 5) is 12.1. The highest BCUT2D eigenvalue weighted by atomic mass is 35.5. The Bertz CT molecular complexity index is 1810. The van der Waals surface area contributed by atoms with Crippen LogP contribution in [-0.2, 0) is 10.0 Å². The van der Waals surface area contributed by atoms with E-state index in [4.69, 9.17) is 16.3 Å². The van der Waals surface area contributed by atoms with Crippen molar-refractivity contribution in [3.05, 3.63) is 59.6 Å². The van der Waals surface area contributed by atoms with Crippen LogP contribution in [0.5, 0.6) is 5.88 Å². The number of benzene rings is 1. The van der Waals surface area contributed by atoms with Gasteiger partial charge in [-0.3, -0.25) is 9.12 Å². The van der Waals surface area contributed by atoms with Crippen molar-refractivity contribution in [2.75, 3.05) is 17.1 Å². The molecular formula is C23H19ClF2N8O3S. The van der Waals surface area contributed by atoms with Crippen molar-refractivity contribution in [1.29, 1.82) is 0 Å². The first-order chi connectivity index (χ1) is 18.1. The number of hydrogen-bond acceptors (Lipinski definition) is 9. The van der Waals surface area contributed by atoms with Crippen LogP contribution in [0.25, 0.3) is 27.8 Å². The number of sulfonamides is 1. The van der Waals surface area contributed by atoms with E-state index in [9.17, 15) is 8.42 Å². The van der Waals surface area contributed by atoms with E-state index in [1.807, 2.05) is 13.8 Å². The van der Waals surface area contributed by atoms with Crippen molar-refractivity contribution >= 4 is 49.9 Å². The number of nitrogens with zero attached hydrogens (tertiary/aromatic N) is 6. The second-order valence-corrected chi connectivity index (χ2v) is 10.5. The van der Waals surface area contributed by atoms with E-state index >= 15 is 8.78 Å². The minimum Gasteiger partial charge on any atom is -0.480 e. The smallest absolute Gasteiger partial charge is 0.267 e. The molecule has 0 fully saturated rings. The van der Waals surface area contributed by atoms with Crippen LogP contribution in [0.3, 0.4) is 0 Å². The van der Waals surface area contributed by atoms with E-state index in [2.05, 4.69) is 35.2 Å². The van der Waals surface area contributed by atoms with E-state index in [1.165, 1.54) is 36.3 Å². The maximum Gasteiger partial charge on any atom is 0.267 e. The highest BCUT2D eigenvalue weighted by molar-refractivity contribution is 7.92. The Morgan fingerprint density at radius 1 is 1.11 bits per heavy atom. The van der Waals surface area contributed by atoms with Gasteiger partial charge in [0.2, 0.25) is 11.8 Å². The van der Waals surface area contributed by atoms with Crippen LogP contribution in [-0.4, -0.2) is 51.1 Å². The number of fused-ring (bicyclic) bond motifs is 3. The number of nitrogens with one attached hydrogen (secondary N) is 2. The molecule has 0 radical (unpaired) electrons. The van der Waals surface area contributed by atoms with Crippen LogP contribution in [0.4, 0.5) is 20.4 Å². The van der Waals surface area contributed by atoms with Gasteiger partial charge >= 0.3 is 0 Å². The van der Waals surface area contributed by atoms with Crippen molar-refractivity contribution in [3.63, 3.8) is 0 Å². The van der Waals surface area contributed by atoms with Gasteiger partial charge in [-0.05, 0) is 38.1 Å². The lowest BCUT2D eigenvalue weighted by atomic mass is 10.0. The van der Waals surface area contributed by atoms with Gasteiger partial charge in [-0.2, -0.15) is 4.98 Å². The molecular weight excluding hydrogens is 542 g/mol. The predicted molar refractivity (Wildman–Crippen MR) is 137 cm³/mol. The van der Waals surface area contributed by atoms with Crippen molar-refractivity contribution < 1.29 is 21.9 Å². The monoisotopic (exact) mass is 560 g/mol. The Labute approximate surface area is 219 Å². The predicted octanol–water partition coefficient (Wildman–Crippen LogP) is 4.30. The molecule has 0 spiro atoms. The van der Waals surface area contributed by atoms with Crippen LogP contribution in [0.15, 0.2) is 47.9 Å². The number of methoxy groups -OCH3 is 1. The number of rotatable bonds is 7. The summed E-state index contributed by atoms with van der Waals surface area (Å²) >= 11 is 5.90. The van der Waals surface area contributed by atoms with Gasteiger partial charge in [0.15, 0.2) is 22.0 Å². The molecule has 15 heteroatoms. The summed E-state index contributed by atoms with van der Waals surface area (Å²) in [5.74, 6) is -2.02. The average Bonchev–Trinajstić information content (AvgIpc) is 3.36. The summed E-state index contributed by atoms with van der Waals surface area (Å²) in [5.41, 5.74) is -0.517. The standard InChI is InChI=1S/C23H19ClF2N8O3S/c1-11(2)30-23-28-8-12-6-14(21-32-29-10-34(21)20(12)31-23)18-15(25)4-5-16(19(18)26)33-38(35,36)17-7-13(24)9-27-22(17)37-3/h4-11,33H,1-3H3,(H,28,30,31). The first kappa shape index (κ1) is 25.5. The number of aromatic nitrogens is 6. The van der Waals surface area contributed by atoms with Crippen molar-refractivity contribution in [2.24, 2.45) is 0 Å². The van der Waals surface area contributed by atoms with Crippen LogP contribution in [0.2, 0.25) is 5.02 Å². The summed E-state index contributed by atoms with van der Waals surface area (Å²) in [6.45, 7) is 3.85. The molecule has 0 bridgehead atoms. The Balaban J connectivity index is 1.65. The van der Waals surface area contributed by atoms with Gasteiger partial charge in [-0.15, -0.1) is 10.2 Å². The summed E-state index contributed by atoms with van der Waals surface area (Å²) in [7, 11) is -3.22. The Hall–Kier alpha value is -4.17. The van der Waals surface area contributed by atoms with Gasteiger partial charge in [0, 0.05) is 29.4 Å². The van der Waals surface area contributed by atoms with Crippen LogP contribution < -0.4 is 14.8 Å². The lowest BCUT2D eigenvalue weighted by Gasteiger charge is -2.15. The molecule has 0 aliphatic heterocycles. The molecule has 5 aromatic rings. The number of anilines is 2. The van der Waals surface area contributed by atoms with E-state index < -0.39 is 37.8 Å². The largest absolute Gasteiger partial charge is 0.480 e. The van der Waals surface area contributed by atoms with E-state index in [0.717, 1.165) is 18.2 Å². The van der Waals surface area contributed by atoms with Gasteiger partial charge < -0.3 is 10.1 Å². The lowest BCUT2D eigenvalue weighted by Crippen LogP contribution is -2.16. The fourth-order valence-corrected chi connectivity index (χ4v) is 5.24. The topological polar surface area (TPSA) is 136 Å². The highest BCUT2D eigenvalue weighted by Gasteiger charge is 2.26. The molecule has 0 atom stereocenters. The summed E-state index contributed by atoms with van der Waals surface area (Å²) in [6, 6.07) is 4.53. The SMILES string of the molecule is COc1ncc(Cl)cc1S(=O)(=O)Nc1ccc(F)c(-c2cc3cnc(NC(C)C)nc3n3cnnc23)c1F. The second-order valence-electron chi connectivity index (χ2n) is 8.40. The Kier molecular flexibility index (Phi) is 6.44. The molecule has 0 aliphatic carbocycles. The van der Waals surface area contributed by atoms with Crippen LogP contribution in [0, 0.1) is 11.6 Å². The fraction of sp³-hybridized carbons (Fsp3) is 0.174. The maximum atomic E-state index is 15.8. The van der Waals surface area contributed by atoms with Crippen LogP contribution >= 0.6 is 11.6 Å². The molecule has 2 N–H and O–H groups in total. The third-order valence-corrected chi connectivity index (χ3v) is 6.97.